The van der Waals surface area contributed by atoms with Gasteiger partial charge in [-0.05, 0) is 59.9 Å². The summed E-state index contributed by atoms with van der Waals surface area (Å²) in [4.78, 5) is 13.8. The van der Waals surface area contributed by atoms with Crippen LogP contribution < -0.4 is 5.32 Å². The van der Waals surface area contributed by atoms with Gasteiger partial charge in [-0.3, -0.25) is 4.90 Å². The fourth-order valence-corrected chi connectivity index (χ4v) is 5.26. The Morgan fingerprint density at radius 3 is 2.69 bits per heavy atom. The third-order valence-corrected chi connectivity index (χ3v) is 7.28. The van der Waals surface area contributed by atoms with E-state index in [2.05, 4.69) is 40.5 Å². The number of carboxylic acid groups (broad SMARTS) is 1. The number of nitrogens with zero attached hydrogens (tertiary/aromatic N) is 1. The van der Waals surface area contributed by atoms with Crippen LogP contribution in [0.4, 0.5) is 0 Å². The molecule has 3 aliphatic rings. The number of hydrogen-bond donors (Lipinski definition) is 2. The van der Waals surface area contributed by atoms with Crippen molar-refractivity contribution in [3.8, 4) is 0 Å². The zero-order valence-electron chi connectivity index (χ0n) is 16.9. The van der Waals surface area contributed by atoms with E-state index in [9.17, 15) is 9.90 Å². The highest BCUT2D eigenvalue weighted by atomic mass is 16.4. The monoisotopic (exact) mass is 390 g/mol. The van der Waals surface area contributed by atoms with E-state index in [1.165, 1.54) is 42.4 Å². The molecule has 0 radical (unpaired) electrons. The predicted octanol–water partition coefficient (Wildman–Crippen LogP) is 4.06. The Bertz CT molecular complexity index is 891. The van der Waals surface area contributed by atoms with Gasteiger partial charge < -0.3 is 10.4 Å². The SMILES string of the molecule is O=C(O)c1ccc2c(c1)CCN(CC1(CN[C@H]3C[C@@H]3c3ccccc3)CCC1)C2. The molecule has 4 nitrogen and oxygen atoms in total. The number of carboxylic acids is 1. The molecular formula is C25H30N2O2. The first-order valence-corrected chi connectivity index (χ1v) is 11.0. The van der Waals surface area contributed by atoms with E-state index in [1.807, 2.05) is 12.1 Å². The Labute approximate surface area is 172 Å². The smallest absolute Gasteiger partial charge is 0.335 e. The minimum atomic E-state index is -0.830. The molecule has 0 bridgehead atoms. The van der Waals surface area contributed by atoms with Gasteiger partial charge in [-0.25, -0.2) is 4.79 Å². The van der Waals surface area contributed by atoms with E-state index in [0.717, 1.165) is 32.6 Å². The third kappa shape index (κ3) is 3.96. The first-order chi connectivity index (χ1) is 14.1. The fraction of sp³-hybridized carbons (Fsp3) is 0.480. The predicted molar refractivity (Wildman–Crippen MR) is 114 cm³/mol. The lowest BCUT2D eigenvalue weighted by atomic mass is 9.68. The van der Waals surface area contributed by atoms with Crippen molar-refractivity contribution in [2.24, 2.45) is 5.41 Å². The zero-order chi connectivity index (χ0) is 19.8. The summed E-state index contributed by atoms with van der Waals surface area (Å²) in [6.45, 7) is 4.27. The summed E-state index contributed by atoms with van der Waals surface area (Å²) in [5, 5.41) is 13.1. The van der Waals surface area contributed by atoms with Gasteiger partial charge in [-0.15, -0.1) is 0 Å². The van der Waals surface area contributed by atoms with Crippen LogP contribution in [0, 0.1) is 5.41 Å². The standard InChI is InChI=1S/C25H30N2O2/c28-24(29)20-7-8-21-15-27(12-9-19(21)13-20)17-25(10-4-11-25)16-26-23-14-22(23)18-5-2-1-3-6-18/h1-3,5-8,13,22-23,26H,4,9-12,14-17H2,(H,28,29)/t22-,23+/m1/s1. The summed E-state index contributed by atoms with van der Waals surface area (Å²) in [5.41, 5.74) is 4.82. The van der Waals surface area contributed by atoms with Crippen LogP contribution in [0.2, 0.25) is 0 Å². The normalized spacial score (nSPS) is 25.1. The van der Waals surface area contributed by atoms with E-state index >= 15 is 0 Å². The molecule has 2 aromatic carbocycles. The molecule has 152 valence electrons. The van der Waals surface area contributed by atoms with Crippen LogP contribution in [0.3, 0.4) is 0 Å². The fourth-order valence-electron chi connectivity index (χ4n) is 5.26. The highest BCUT2D eigenvalue weighted by molar-refractivity contribution is 5.87. The summed E-state index contributed by atoms with van der Waals surface area (Å²) in [5.74, 6) is -0.137. The van der Waals surface area contributed by atoms with Crippen molar-refractivity contribution < 1.29 is 9.90 Å². The second kappa shape index (κ2) is 7.58. The molecule has 0 spiro atoms. The van der Waals surface area contributed by atoms with Crippen LogP contribution in [0.5, 0.6) is 0 Å². The van der Waals surface area contributed by atoms with Crippen LogP contribution in [0.15, 0.2) is 48.5 Å². The Hall–Kier alpha value is -2.17. The minimum absolute atomic E-state index is 0.411. The number of rotatable bonds is 7. The number of carbonyl (C=O) groups is 1. The second-order valence-corrected chi connectivity index (χ2v) is 9.34. The molecule has 1 aliphatic heterocycles. The molecular weight excluding hydrogens is 360 g/mol. The van der Waals surface area contributed by atoms with Crippen LogP contribution >= 0.6 is 0 Å². The Kier molecular flexibility index (Phi) is 4.92. The number of aromatic carboxylic acids is 1. The number of benzene rings is 2. The van der Waals surface area contributed by atoms with Crippen LogP contribution in [0.1, 0.15) is 58.6 Å². The quantitative estimate of drug-likeness (QED) is 0.749. The molecule has 5 rings (SSSR count). The van der Waals surface area contributed by atoms with Gasteiger partial charge in [0.2, 0.25) is 0 Å². The molecule has 0 amide bonds. The van der Waals surface area contributed by atoms with Gasteiger partial charge in [0.05, 0.1) is 5.56 Å². The molecule has 2 aliphatic carbocycles. The molecule has 2 N–H and O–H groups in total. The second-order valence-electron chi connectivity index (χ2n) is 9.34. The van der Waals surface area contributed by atoms with Crippen LogP contribution in [0.25, 0.3) is 0 Å². The molecule has 2 fully saturated rings. The summed E-state index contributed by atoms with van der Waals surface area (Å²) >= 11 is 0. The van der Waals surface area contributed by atoms with Gasteiger partial charge in [0, 0.05) is 38.1 Å². The lowest BCUT2D eigenvalue weighted by Crippen LogP contribution is -2.49. The number of hydrogen-bond acceptors (Lipinski definition) is 3. The van der Waals surface area contributed by atoms with Gasteiger partial charge in [0.15, 0.2) is 0 Å². The van der Waals surface area contributed by atoms with Crippen molar-refractivity contribution >= 4 is 5.97 Å². The van der Waals surface area contributed by atoms with Crippen molar-refractivity contribution in [2.45, 2.75) is 50.6 Å². The average molecular weight is 391 g/mol. The highest BCUT2D eigenvalue weighted by Crippen LogP contribution is 2.45. The first kappa shape index (κ1) is 18.8. The van der Waals surface area contributed by atoms with E-state index < -0.39 is 5.97 Å². The van der Waals surface area contributed by atoms with Crippen molar-refractivity contribution in [2.75, 3.05) is 19.6 Å². The third-order valence-electron chi connectivity index (χ3n) is 7.28. The zero-order valence-corrected chi connectivity index (χ0v) is 16.9. The summed E-state index contributed by atoms with van der Waals surface area (Å²) in [7, 11) is 0. The van der Waals surface area contributed by atoms with Gasteiger partial charge in [-0.1, -0.05) is 42.8 Å². The van der Waals surface area contributed by atoms with Crippen LogP contribution in [-0.4, -0.2) is 41.7 Å². The van der Waals surface area contributed by atoms with E-state index in [4.69, 9.17) is 0 Å². The van der Waals surface area contributed by atoms with Gasteiger partial charge >= 0.3 is 5.97 Å². The highest BCUT2D eigenvalue weighted by Gasteiger charge is 2.43. The number of fused-ring (bicyclic) bond motifs is 1. The first-order valence-electron chi connectivity index (χ1n) is 11.0. The van der Waals surface area contributed by atoms with Crippen molar-refractivity contribution in [3.05, 3.63) is 70.8 Å². The van der Waals surface area contributed by atoms with Gasteiger partial charge in [0.1, 0.15) is 0 Å². The Balaban J connectivity index is 1.17. The van der Waals surface area contributed by atoms with E-state index in [0.29, 0.717) is 22.9 Å². The topological polar surface area (TPSA) is 52.6 Å². The maximum atomic E-state index is 11.2. The maximum Gasteiger partial charge on any atom is 0.335 e. The lowest BCUT2D eigenvalue weighted by Gasteiger charge is -2.46. The molecule has 2 aromatic rings. The molecule has 2 atom stereocenters. The number of nitrogens with one attached hydrogen (secondary N) is 1. The summed E-state index contributed by atoms with van der Waals surface area (Å²) in [6.07, 6.45) is 6.22. The summed E-state index contributed by atoms with van der Waals surface area (Å²) < 4.78 is 0. The molecule has 2 saturated carbocycles. The van der Waals surface area contributed by atoms with Gasteiger partial charge in [-0.2, -0.15) is 0 Å². The molecule has 0 saturated heterocycles. The van der Waals surface area contributed by atoms with E-state index in [-0.39, 0.29) is 0 Å². The summed E-state index contributed by atoms with van der Waals surface area (Å²) in [6, 6.07) is 17.2. The Morgan fingerprint density at radius 1 is 1.14 bits per heavy atom. The van der Waals surface area contributed by atoms with Crippen LogP contribution in [-0.2, 0) is 13.0 Å². The molecule has 4 heteroatoms. The lowest BCUT2D eigenvalue weighted by molar-refractivity contribution is 0.0589. The van der Waals surface area contributed by atoms with Gasteiger partial charge in [0.25, 0.3) is 0 Å². The van der Waals surface area contributed by atoms with E-state index in [1.54, 1.807) is 6.07 Å². The Morgan fingerprint density at radius 2 is 1.97 bits per heavy atom. The van der Waals surface area contributed by atoms with Crippen molar-refractivity contribution in [1.29, 1.82) is 0 Å². The largest absolute Gasteiger partial charge is 0.478 e. The average Bonchev–Trinajstić information content (AvgIpc) is 3.50. The van der Waals surface area contributed by atoms with Crippen molar-refractivity contribution in [3.63, 3.8) is 0 Å². The molecule has 0 aromatic heterocycles. The molecule has 29 heavy (non-hydrogen) atoms. The van der Waals surface area contributed by atoms with Crippen molar-refractivity contribution in [1.82, 2.24) is 10.2 Å². The molecule has 0 unspecified atom stereocenters. The molecule has 1 heterocycles. The minimum Gasteiger partial charge on any atom is -0.478 e. The maximum absolute atomic E-state index is 11.2.